The molecule has 0 radical (unpaired) electrons. The van der Waals surface area contributed by atoms with E-state index in [4.69, 9.17) is 5.84 Å². The number of carbonyl (C=O) groups is 1. The molecule has 0 saturated carbocycles. The molecule has 1 aromatic rings. The molecule has 1 saturated heterocycles. The summed E-state index contributed by atoms with van der Waals surface area (Å²) >= 11 is 0. The van der Waals surface area contributed by atoms with Crippen molar-refractivity contribution in [3.8, 4) is 0 Å². The van der Waals surface area contributed by atoms with E-state index in [0.717, 1.165) is 26.2 Å². The third kappa shape index (κ3) is 3.74. The molecule has 1 aromatic heterocycles. The van der Waals surface area contributed by atoms with Crippen LogP contribution in [0.25, 0.3) is 0 Å². The van der Waals surface area contributed by atoms with Crippen LogP contribution in [-0.2, 0) is 6.54 Å². The lowest BCUT2D eigenvalue weighted by molar-refractivity contribution is 0.0948. The molecule has 7 heteroatoms. The zero-order valence-electron chi connectivity index (χ0n) is 11.6. The summed E-state index contributed by atoms with van der Waals surface area (Å²) in [6, 6.07) is 0. The van der Waals surface area contributed by atoms with E-state index in [1.165, 1.54) is 12.8 Å². The number of amides is 1. The number of hydrogen-bond acceptors (Lipinski definition) is 5. The fourth-order valence-electron chi connectivity index (χ4n) is 2.57. The van der Waals surface area contributed by atoms with Gasteiger partial charge in [-0.15, -0.1) is 5.10 Å². The predicted octanol–water partition coefficient (Wildman–Crippen LogP) is 0.00360. The SMILES string of the molecule is CC1(C)CCCN(CCn2cc(C(=O)NN)nn2)C1. The lowest BCUT2D eigenvalue weighted by atomic mass is 9.84. The molecule has 106 valence electrons. The van der Waals surface area contributed by atoms with Crippen LogP contribution in [0.5, 0.6) is 0 Å². The van der Waals surface area contributed by atoms with Crippen LogP contribution in [-0.4, -0.2) is 45.4 Å². The van der Waals surface area contributed by atoms with Crippen LogP contribution in [0.2, 0.25) is 0 Å². The van der Waals surface area contributed by atoms with E-state index in [-0.39, 0.29) is 5.69 Å². The van der Waals surface area contributed by atoms with Crippen molar-refractivity contribution in [2.45, 2.75) is 33.2 Å². The van der Waals surface area contributed by atoms with Crippen molar-refractivity contribution in [2.24, 2.45) is 11.3 Å². The van der Waals surface area contributed by atoms with Gasteiger partial charge in [-0.3, -0.25) is 14.9 Å². The third-order valence-corrected chi connectivity index (χ3v) is 3.53. The van der Waals surface area contributed by atoms with Gasteiger partial charge in [0.05, 0.1) is 12.7 Å². The average molecular weight is 266 g/mol. The molecule has 1 aliphatic heterocycles. The lowest BCUT2D eigenvalue weighted by Crippen LogP contribution is -2.41. The number of nitrogens with two attached hydrogens (primary N) is 1. The second-order valence-corrected chi connectivity index (χ2v) is 5.88. The molecule has 19 heavy (non-hydrogen) atoms. The number of piperidine rings is 1. The molecule has 0 atom stereocenters. The first-order valence-electron chi connectivity index (χ1n) is 6.64. The Balaban J connectivity index is 1.85. The molecule has 0 spiro atoms. The van der Waals surface area contributed by atoms with E-state index in [1.807, 2.05) is 5.43 Å². The third-order valence-electron chi connectivity index (χ3n) is 3.53. The van der Waals surface area contributed by atoms with Gasteiger partial charge < -0.3 is 4.90 Å². The number of rotatable bonds is 4. The number of nitrogens with one attached hydrogen (secondary N) is 1. The standard InChI is InChI=1S/C12H22N6O/c1-12(2)4-3-5-17(9-12)6-7-18-8-10(15-16-18)11(19)14-13/h8H,3-7,9,13H2,1-2H3,(H,14,19). The molecule has 1 fully saturated rings. The Labute approximate surface area is 113 Å². The van der Waals surface area contributed by atoms with Crippen LogP contribution < -0.4 is 11.3 Å². The highest BCUT2D eigenvalue weighted by Gasteiger charge is 2.25. The summed E-state index contributed by atoms with van der Waals surface area (Å²) in [5, 5.41) is 7.71. The quantitative estimate of drug-likeness (QED) is 0.455. The Morgan fingerprint density at radius 1 is 1.53 bits per heavy atom. The molecular formula is C12H22N6O. The van der Waals surface area contributed by atoms with E-state index < -0.39 is 5.91 Å². The molecule has 1 aliphatic rings. The summed E-state index contributed by atoms with van der Waals surface area (Å²) < 4.78 is 1.69. The maximum absolute atomic E-state index is 11.3. The smallest absolute Gasteiger partial charge is 0.287 e. The molecule has 2 rings (SSSR count). The Bertz CT molecular complexity index is 441. The molecule has 0 unspecified atom stereocenters. The fraction of sp³-hybridized carbons (Fsp3) is 0.750. The van der Waals surface area contributed by atoms with Crippen molar-refractivity contribution in [1.82, 2.24) is 25.3 Å². The Morgan fingerprint density at radius 3 is 3.00 bits per heavy atom. The normalized spacial score (nSPS) is 19.3. The lowest BCUT2D eigenvalue weighted by Gasteiger charge is -2.37. The maximum Gasteiger partial charge on any atom is 0.287 e. The molecule has 0 aliphatic carbocycles. The summed E-state index contributed by atoms with van der Waals surface area (Å²) in [5.74, 6) is 4.64. The van der Waals surface area contributed by atoms with E-state index in [1.54, 1.807) is 10.9 Å². The second-order valence-electron chi connectivity index (χ2n) is 5.88. The number of hydrazine groups is 1. The first-order valence-corrected chi connectivity index (χ1v) is 6.64. The van der Waals surface area contributed by atoms with E-state index >= 15 is 0 Å². The zero-order chi connectivity index (χ0) is 13.9. The van der Waals surface area contributed by atoms with Gasteiger partial charge in [0, 0.05) is 13.1 Å². The maximum atomic E-state index is 11.3. The first kappa shape index (κ1) is 14.0. The van der Waals surface area contributed by atoms with Crippen molar-refractivity contribution >= 4 is 5.91 Å². The summed E-state index contributed by atoms with van der Waals surface area (Å²) in [5.41, 5.74) is 2.69. The second kappa shape index (κ2) is 5.66. The van der Waals surface area contributed by atoms with Crippen molar-refractivity contribution in [2.75, 3.05) is 19.6 Å². The molecule has 0 aromatic carbocycles. The van der Waals surface area contributed by atoms with Crippen LogP contribution in [0.1, 0.15) is 37.2 Å². The largest absolute Gasteiger partial charge is 0.301 e. The Morgan fingerprint density at radius 2 is 2.32 bits per heavy atom. The monoisotopic (exact) mass is 266 g/mol. The van der Waals surface area contributed by atoms with E-state index in [2.05, 4.69) is 29.1 Å². The molecular weight excluding hydrogens is 244 g/mol. The molecule has 7 nitrogen and oxygen atoms in total. The van der Waals surface area contributed by atoms with Crippen molar-refractivity contribution in [3.63, 3.8) is 0 Å². The minimum Gasteiger partial charge on any atom is -0.301 e. The highest BCUT2D eigenvalue weighted by atomic mass is 16.2. The fourth-order valence-corrected chi connectivity index (χ4v) is 2.57. The molecule has 1 amide bonds. The summed E-state index contributed by atoms with van der Waals surface area (Å²) in [6.07, 6.45) is 4.15. The zero-order valence-corrected chi connectivity index (χ0v) is 11.6. The summed E-state index contributed by atoms with van der Waals surface area (Å²) in [6.45, 7) is 8.51. The highest BCUT2D eigenvalue weighted by molar-refractivity contribution is 5.91. The van der Waals surface area contributed by atoms with Crippen molar-refractivity contribution < 1.29 is 4.79 Å². The summed E-state index contributed by atoms with van der Waals surface area (Å²) in [7, 11) is 0. The van der Waals surface area contributed by atoms with Crippen LogP contribution in [0.15, 0.2) is 6.20 Å². The first-order chi connectivity index (χ1) is 9.00. The van der Waals surface area contributed by atoms with Gasteiger partial charge in [-0.25, -0.2) is 5.84 Å². The Hall–Kier alpha value is -1.47. The van der Waals surface area contributed by atoms with Crippen LogP contribution in [0, 0.1) is 5.41 Å². The number of aromatic nitrogens is 3. The average Bonchev–Trinajstić information content (AvgIpc) is 2.83. The van der Waals surface area contributed by atoms with E-state index in [9.17, 15) is 4.79 Å². The van der Waals surface area contributed by atoms with Gasteiger partial charge >= 0.3 is 0 Å². The molecule has 2 heterocycles. The van der Waals surface area contributed by atoms with E-state index in [0.29, 0.717) is 5.41 Å². The van der Waals surface area contributed by atoms with Crippen LogP contribution in [0.4, 0.5) is 0 Å². The number of likely N-dealkylation sites (tertiary alicyclic amines) is 1. The number of nitrogen functional groups attached to an aromatic ring is 1. The van der Waals surface area contributed by atoms with Crippen molar-refractivity contribution in [3.05, 3.63) is 11.9 Å². The van der Waals surface area contributed by atoms with Crippen LogP contribution in [0.3, 0.4) is 0 Å². The number of nitrogens with zero attached hydrogens (tertiary/aromatic N) is 4. The highest BCUT2D eigenvalue weighted by Crippen LogP contribution is 2.28. The van der Waals surface area contributed by atoms with Crippen LogP contribution >= 0.6 is 0 Å². The molecule has 3 N–H and O–H groups in total. The van der Waals surface area contributed by atoms with Gasteiger partial charge in [0.25, 0.3) is 5.91 Å². The van der Waals surface area contributed by atoms with Gasteiger partial charge in [-0.1, -0.05) is 19.1 Å². The van der Waals surface area contributed by atoms with Gasteiger partial charge in [0.1, 0.15) is 0 Å². The number of carbonyl (C=O) groups excluding carboxylic acids is 1. The minimum absolute atomic E-state index is 0.251. The Kier molecular flexibility index (Phi) is 4.16. The summed E-state index contributed by atoms with van der Waals surface area (Å²) in [4.78, 5) is 13.7. The van der Waals surface area contributed by atoms with Gasteiger partial charge in [-0.05, 0) is 24.8 Å². The van der Waals surface area contributed by atoms with Crippen molar-refractivity contribution in [1.29, 1.82) is 0 Å². The minimum atomic E-state index is -0.412. The number of hydrogen-bond donors (Lipinski definition) is 2. The topological polar surface area (TPSA) is 89.1 Å². The predicted molar refractivity (Wildman–Crippen MR) is 71.1 cm³/mol. The van der Waals surface area contributed by atoms with Gasteiger partial charge in [-0.2, -0.15) is 0 Å². The van der Waals surface area contributed by atoms with Gasteiger partial charge in [0.15, 0.2) is 5.69 Å². The molecule has 0 bridgehead atoms. The van der Waals surface area contributed by atoms with Gasteiger partial charge in [0.2, 0.25) is 0 Å².